The SMILES string of the molecule is COC1(c2ccc(C3C(=O)N(C)C(=N)N[C@]3(C)C3=CCC(c4cccc(C#N)c4)S3)cc2)CCC1. The minimum Gasteiger partial charge on any atom is -0.374 e. The second-order valence-corrected chi connectivity index (χ2v) is 11.1. The van der Waals surface area contributed by atoms with Gasteiger partial charge in [0.15, 0.2) is 5.96 Å². The lowest BCUT2D eigenvalue weighted by molar-refractivity contribution is -0.130. The Morgan fingerprint density at radius 2 is 1.94 bits per heavy atom. The minimum absolute atomic E-state index is 0.0921. The van der Waals surface area contributed by atoms with Crippen LogP contribution in [0.2, 0.25) is 0 Å². The van der Waals surface area contributed by atoms with E-state index in [1.54, 1.807) is 25.9 Å². The Labute approximate surface area is 210 Å². The fraction of sp³-hybridized carbons (Fsp3) is 0.393. The van der Waals surface area contributed by atoms with E-state index in [9.17, 15) is 10.1 Å². The number of allylic oxidation sites excluding steroid dienone is 1. The molecule has 2 aromatic rings. The topological polar surface area (TPSA) is 89.2 Å². The van der Waals surface area contributed by atoms with E-state index < -0.39 is 11.5 Å². The van der Waals surface area contributed by atoms with E-state index in [0.717, 1.165) is 47.3 Å². The third-order valence-electron chi connectivity index (χ3n) is 7.88. The van der Waals surface area contributed by atoms with Gasteiger partial charge >= 0.3 is 0 Å². The van der Waals surface area contributed by atoms with Crippen LogP contribution in [-0.2, 0) is 15.1 Å². The van der Waals surface area contributed by atoms with Crippen molar-refractivity contribution in [1.29, 1.82) is 10.7 Å². The molecule has 35 heavy (non-hydrogen) atoms. The number of carbonyl (C=O) groups is 1. The molecule has 0 aromatic heterocycles. The van der Waals surface area contributed by atoms with Crippen LogP contribution in [0.1, 0.15) is 66.0 Å². The van der Waals surface area contributed by atoms with Gasteiger partial charge in [0.1, 0.15) is 0 Å². The normalized spacial score (nSPS) is 27.6. The Bertz CT molecular complexity index is 1240. The van der Waals surface area contributed by atoms with Crippen LogP contribution >= 0.6 is 11.8 Å². The lowest BCUT2D eigenvalue weighted by Gasteiger charge is -2.46. The molecule has 2 heterocycles. The van der Waals surface area contributed by atoms with Gasteiger partial charge in [-0.15, -0.1) is 11.8 Å². The molecule has 3 atom stereocenters. The molecule has 1 saturated heterocycles. The number of nitrogens with zero attached hydrogens (tertiary/aromatic N) is 2. The predicted molar refractivity (Wildman–Crippen MR) is 138 cm³/mol. The lowest BCUT2D eigenvalue weighted by Crippen LogP contribution is -2.64. The van der Waals surface area contributed by atoms with Gasteiger partial charge in [-0.3, -0.25) is 15.1 Å². The Morgan fingerprint density at radius 1 is 1.20 bits per heavy atom. The number of guanidine groups is 1. The number of thioether (sulfide) groups is 1. The third-order valence-corrected chi connectivity index (χ3v) is 9.47. The molecule has 180 valence electrons. The van der Waals surface area contributed by atoms with Crippen LogP contribution < -0.4 is 5.32 Å². The van der Waals surface area contributed by atoms with Crippen molar-refractivity contribution in [3.8, 4) is 6.07 Å². The quantitative estimate of drug-likeness (QED) is 0.608. The highest BCUT2D eigenvalue weighted by molar-refractivity contribution is 8.03. The average Bonchev–Trinajstić information content (AvgIpc) is 3.35. The van der Waals surface area contributed by atoms with Crippen molar-refractivity contribution in [2.75, 3.05) is 14.2 Å². The fourth-order valence-corrected chi connectivity index (χ4v) is 6.92. The zero-order valence-electron chi connectivity index (χ0n) is 20.3. The number of carbonyl (C=O) groups excluding carboxylic acids is 1. The van der Waals surface area contributed by atoms with Gasteiger partial charge in [-0.05, 0) is 61.4 Å². The summed E-state index contributed by atoms with van der Waals surface area (Å²) in [5, 5.41) is 21.3. The Hall–Kier alpha value is -3.08. The number of rotatable bonds is 5. The van der Waals surface area contributed by atoms with Crippen molar-refractivity contribution in [2.24, 2.45) is 0 Å². The number of hydrogen-bond donors (Lipinski definition) is 2. The second-order valence-electron chi connectivity index (χ2n) is 9.83. The molecule has 1 saturated carbocycles. The summed E-state index contributed by atoms with van der Waals surface area (Å²) in [5.41, 5.74) is 2.88. The zero-order chi connectivity index (χ0) is 24.8. The molecule has 3 aliphatic rings. The van der Waals surface area contributed by atoms with E-state index in [-0.39, 0.29) is 22.7 Å². The highest BCUT2D eigenvalue weighted by Crippen LogP contribution is 2.52. The first-order valence-electron chi connectivity index (χ1n) is 12.0. The van der Waals surface area contributed by atoms with Crippen molar-refractivity contribution < 1.29 is 9.53 Å². The number of benzene rings is 2. The first-order valence-corrected chi connectivity index (χ1v) is 12.9. The minimum atomic E-state index is -0.746. The smallest absolute Gasteiger partial charge is 0.239 e. The summed E-state index contributed by atoms with van der Waals surface area (Å²) in [6.07, 6.45) is 6.19. The second kappa shape index (κ2) is 8.85. The van der Waals surface area contributed by atoms with Crippen LogP contribution in [0.4, 0.5) is 0 Å². The van der Waals surface area contributed by atoms with Gasteiger partial charge in [0.05, 0.1) is 28.7 Å². The largest absolute Gasteiger partial charge is 0.374 e. The molecule has 0 spiro atoms. The van der Waals surface area contributed by atoms with Gasteiger partial charge in [0.2, 0.25) is 5.91 Å². The van der Waals surface area contributed by atoms with Gasteiger partial charge in [-0.25, -0.2) is 0 Å². The standard InChI is InChI=1S/C28H30N4O2S/c1-27(23-13-12-22(35-23)20-7-4-6-18(16-20)17-29)24(25(33)32(2)26(30)31-27)19-8-10-21(11-9-19)28(34-3)14-5-15-28/h4,6-11,13,16,22,24H,5,12,14-15H2,1-3H3,(H2,30,31)/t22?,24?,27-/m1/s1. The molecular weight excluding hydrogens is 456 g/mol. The van der Waals surface area contributed by atoms with Crippen molar-refractivity contribution in [3.63, 3.8) is 0 Å². The van der Waals surface area contributed by atoms with E-state index in [0.29, 0.717) is 5.56 Å². The first-order chi connectivity index (χ1) is 16.8. The molecule has 1 amide bonds. The Morgan fingerprint density at radius 3 is 2.57 bits per heavy atom. The molecule has 2 aliphatic heterocycles. The molecule has 2 unspecified atom stereocenters. The van der Waals surface area contributed by atoms with Crippen LogP contribution in [0, 0.1) is 16.7 Å². The number of hydrogen-bond acceptors (Lipinski definition) is 5. The number of ether oxygens (including phenoxy) is 1. The zero-order valence-corrected chi connectivity index (χ0v) is 21.1. The van der Waals surface area contributed by atoms with Gasteiger partial charge in [-0.1, -0.05) is 42.5 Å². The summed E-state index contributed by atoms with van der Waals surface area (Å²) in [6.45, 7) is 2.03. The fourth-order valence-electron chi connectivity index (χ4n) is 5.53. The van der Waals surface area contributed by atoms with Gasteiger partial charge in [0.25, 0.3) is 0 Å². The van der Waals surface area contributed by atoms with Gasteiger partial charge in [-0.2, -0.15) is 5.26 Å². The first kappa shape index (κ1) is 23.7. The van der Waals surface area contributed by atoms with Crippen LogP contribution in [0.15, 0.2) is 59.5 Å². The molecule has 2 fully saturated rings. The van der Waals surface area contributed by atoms with E-state index in [4.69, 9.17) is 10.1 Å². The van der Waals surface area contributed by atoms with Crippen LogP contribution in [0.5, 0.6) is 0 Å². The van der Waals surface area contributed by atoms with Crippen LogP contribution in [-0.4, -0.2) is 36.5 Å². The molecule has 1 aliphatic carbocycles. The molecule has 2 N–H and O–H groups in total. The average molecular weight is 487 g/mol. The summed E-state index contributed by atoms with van der Waals surface area (Å²) < 4.78 is 5.84. The molecule has 0 radical (unpaired) electrons. The predicted octanol–water partition coefficient (Wildman–Crippen LogP) is 5.18. The van der Waals surface area contributed by atoms with Crippen molar-refractivity contribution >= 4 is 23.6 Å². The molecule has 7 heteroatoms. The van der Waals surface area contributed by atoms with E-state index in [1.807, 2.05) is 37.3 Å². The highest BCUT2D eigenvalue weighted by Gasteiger charge is 2.51. The van der Waals surface area contributed by atoms with E-state index >= 15 is 0 Å². The number of amides is 1. The number of likely N-dealkylation sites (N-methyl/N-ethyl adjacent to an activating group) is 1. The lowest BCUT2D eigenvalue weighted by atomic mass is 9.73. The summed E-state index contributed by atoms with van der Waals surface area (Å²) in [7, 11) is 3.42. The summed E-state index contributed by atoms with van der Waals surface area (Å²) >= 11 is 1.72. The molecule has 0 bridgehead atoms. The number of methoxy groups -OCH3 is 1. The van der Waals surface area contributed by atoms with Gasteiger partial charge < -0.3 is 10.1 Å². The van der Waals surface area contributed by atoms with Crippen molar-refractivity contribution in [2.45, 2.75) is 54.9 Å². The van der Waals surface area contributed by atoms with Crippen molar-refractivity contribution in [1.82, 2.24) is 10.2 Å². The Kier molecular flexibility index (Phi) is 5.98. The molecule has 2 aromatic carbocycles. The molecule has 6 nitrogen and oxygen atoms in total. The third kappa shape index (κ3) is 3.85. The monoisotopic (exact) mass is 486 g/mol. The van der Waals surface area contributed by atoms with E-state index in [2.05, 4.69) is 35.7 Å². The maximum Gasteiger partial charge on any atom is 0.239 e. The highest BCUT2D eigenvalue weighted by atomic mass is 32.2. The number of nitrogens with one attached hydrogen (secondary N) is 2. The van der Waals surface area contributed by atoms with Gasteiger partial charge in [0, 0.05) is 24.3 Å². The number of nitriles is 1. The van der Waals surface area contributed by atoms with Crippen LogP contribution in [0.3, 0.4) is 0 Å². The maximum absolute atomic E-state index is 13.6. The van der Waals surface area contributed by atoms with Crippen LogP contribution in [0.25, 0.3) is 0 Å². The summed E-state index contributed by atoms with van der Waals surface area (Å²) in [4.78, 5) is 16.0. The summed E-state index contributed by atoms with van der Waals surface area (Å²) in [6, 6.07) is 18.2. The van der Waals surface area contributed by atoms with E-state index in [1.165, 1.54) is 4.90 Å². The Balaban J connectivity index is 1.47. The maximum atomic E-state index is 13.6. The molecule has 5 rings (SSSR count). The van der Waals surface area contributed by atoms with Crippen molar-refractivity contribution in [3.05, 3.63) is 81.8 Å². The molecular formula is C28H30N4O2S. The summed E-state index contributed by atoms with van der Waals surface area (Å²) in [5.74, 6) is -0.460.